The van der Waals surface area contributed by atoms with Gasteiger partial charge in [0.05, 0.1) is 0 Å². The molecule has 0 aromatic heterocycles. The molecular formula is C20H20. The maximum absolute atomic E-state index is 2.48. The lowest BCUT2D eigenvalue weighted by Crippen LogP contribution is -1.97. The lowest BCUT2D eigenvalue weighted by molar-refractivity contribution is 0.931. The van der Waals surface area contributed by atoms with E-state index in [1.807, 2.05) is 0 Å². The first-order chi connectivity index (χ1) is 9.83. The van der Waals surface area contributed by atoms with Crippen LogP contribution >= 0.6 is 0 Å². The van der Waals surface area contributed by atoms with Gasteiger partial charge in [-0.3, -0.25) is 0 Å². The highest BCUT2D eigenvalue weighted by Crippen LogP contribution is 2.45. The van der Waals surface area contributed by atoms with Gasteiger partial charge in [0.2, 0.25) is 0 Å². The summed E-state index contributed by atoms with van der Waals surface area (Å²) in [4.78, 5) is 0. The molecular weight excluding hydrogens is 240 g/mol. The predicted molar refractivity (Wildman–Crippen MR) is 84.5 cm³/mol. The summed E-state index contributed by atoms with van der Waals surface area (Å²) in [6.07, 6.45) is 11.1. The number of hydrogen-bond acceptors (Lipinski definition) is 0. The number of fused-ring (bicyclic) bond motifs is 2. The van der Waals surface area contributed by atoms with E-state index in [0.29, 0.717) is 0 Å². The van der Waals surface area contributed by atoms with Crippen molar-refractivity contribution in [1.29, 1.82) is 0 Å². The minimum Gasteiger partial charge on any atom is -0.0766 e. The maximum atomic E-state index is 2.48. The average molecular weight is 260 g/mol. The van der Waals surface area contributed by atoms with Crippen LogP contribution in [0, 0.1) is 0 Å². The molecule has 0 aliphatic heterocycles. The Kier molecular flexibility index (Phi) is 2.77. The van der Waals surface area contributed by atoms with Gasteiger partial charge < -0.3 is 0 Å². The lowest BCUT2D eigenvalue weighted by Gasteiger charge is -2.15. The molecule has 0 spiro atoms. The van der Waals surface area contributed by atoms with Crippen LogP contribution in [0.15, 0.2) is 75.9 Å². The first-order valence-electron chi connectivity index (χ1n) is 7.70. The lowest BCUT2D eigenvalue weighted by atomic mass is 9.89. The van der Waals surface area contributed by atoms with Gasteiger partial charge in [-0.05, 0) is 78.0 Å². The molecule has 0 heterocycles. The summed E-state index contributed by atoms with van der Waals surface area (Å²) >= 11 is 0. The minimum atomic E-state index is 1.07. The average Bonchev–Trinajstić information content (AvgIpc) is 3.06. The van der Waals surface area contributed by atoms with E-state index in [-0.39, 0.29) is 0 Å². The fourth-order valence-corrected chi connectivity index (χ4v) is 3.82. The highest BCUT2D eigenvalue weighted by molar-refractivity contribution is 5.66. The Hall–Kier alpha value is -1.82. The summed E-state index contributed by atoms with van der Waals surface area (Å²) < 4.78 is 0. The number of allylic oxidation sites excluding steroid dienone is 8. The van der Waals surface area contributed by atoms with E-state index in [1.54, 1.807) is 22.3 Å². The molecule has 0 bridgehead atoms. The Morgan fingerprint density at radius 3 is 2.70 bits per heavy atom. The number of hydrogen-bond donors (Lipinski definition) is 0. The molecule has 1 fully saturated rings. The van der Waals surface area contributed by atoms with Crippen LogP contribution in [0.4, 0.5) is 0 Å². The van der Waals surface area contributed by atoms with Gasteiger partial charge in [0.25, 0.3) is 0 Å². The van der Waals surface area contributed by atoms with Gasteiger partial charge in [0, 0.05) is 0 Å². The fraction of sp³-hybridized carbons (Fsp3) is 0.300. The highest BCUT2D eigenvalue weighted by atomic mass is 14.3. The molecule has 0 heteroatoms. The van der Waals surface area contributed by atoms with Crippen LogP contribution in [0.5, 0.6) is 0 Å². The second-order valence-corrected chi connectivity index (χ2v) is 6.11. The van der Waals surface area contributed by atoms with Crippen molar-refractivity contribution in [2.75, 3.05) is 0 Å². The Balaban J connectivity index is 1.72. The maximum Gasteiger partial charge on any atom is -0.00228 e. The van der Waals surface area contributed by atoms with Crippen LogP contribution in [0.2, 0.25) is 0 Å². The summed E-state index contributed by atoms with van der Waals surface area (Å²) in [6, 6.07) is 10.8. The normalized spacial score (nSPS) is 20.9. The molecule has 0 nitrogen and oxygen atoms in total. The molecule has 1 aromatic rings. The van der Waals surface area contributed by atoms with E-state index in [2.05, 4.69) is 49.4 Å². The molecule has 0 amide bonds. The van der Waals surface area contributed by atoms with E-state index < -0.39 is 0 Å². The minimum absolute atomic E-state index is 1.07. The van der Waals surface area contributed by atoms with Crippen molar-refractivity contribution in [3.05, 3.63) is 81.5 Å². The summed E-state index contributed by atoms with van der Waals surface area (Å²) in [5.74, 6) is 0. The van der Waals surface area contributed by atoms with Crippen molar-refractivity contribution in [2.24, 2.45) is 0 Å². The van der Waals surface area contributed by atoms with Crippen molar-refractivity contribution >= 4 is 0 Å². The van der Waals surface area contributed by atoms with Gasteiger partial charge >= 0.3 is 0 Å². The molecule has 3 aliphatic rings. The summed E-state index contributed by atoms with van der Waals surface area (Å²) in [5.41, 5.74) is 10.9. The molecule has 0 N–H and O–H groups in total. The molecule has 1 saturated carbocycles. The van der Waals surface area contributed by atoms with E-state index in [9.17, 15) is 0 Å². The first-order valence-corrected chi connectivity index (χ1v) is 7.70. The molecule has 0 atom stereocenters. The third-order valence-electron chi connectivity index (χ3n) is 4.95. The van der Waals surface area contributed by atoms with Gasteiger partial charge in [0.15, 0.2) is 0 Å². The van der Waals surface area contributed by atoms with Gasteiger partial charge in [-0.25, -0.2) is 0 Å². The van der Waals surface area contributed by atoms with E-state index in [1.165, 1.54) is 36.0 Å². The molecule has 20 heavy (non-hydrogen) atoms. The molecule has 0 radical (unpaired) electrons. The summed E-state index contributed by atoms with van der Waals surface area (Å²) in [7, 11) is 0. The molecule has 4 rings (SSSR count). The van der Waals surface area contributed by atoms with Crippen LogP contribution in [-0.2, 0) is 6.42 Å². The van der Waals surface area contributed by atoms with E-state index in [4.69, 9.17) is 0 Å². The van der Waals surface area contributed by atoms with Crippen LogP contribution in [-0.4, -0.2) is 0 Å². The van der Waals surface area contributed by atoms with Crippen molar-refractivity contribution in [1.82, 2.24) is 0 Å². The molecule has 1 aromatic carbocycles. The van der Waals surface area contributed by atoms with Crippen molar-refractivity contribution in [3.63, 3.8) is 0 Å². The second kappa shape index (κ2) is 4.63. The Bertz CT molecular complexity index is 678. The summed E-state index contributed by atoms with van der Waals surface area (Å²) in [5, 5.41) is 0. The van der Waals surface area contributed by atoms with E-state index >= 15 is 0 Å². The zero-order chi connectivity index (χ0) is 13.5. The SMILES string of the molecule is CC1=C2CC=C3CCCC3=C2C=C1Cc1ccccc1. The summed E-state index contributed by atoms with van der Waals surface area (Å²) in [6.45, 7) is 2.31. The third-order valence-corrected chi connectivity index (χ3v) is 4.95. The van der Waals surface area contributed by atoms with Gasteiger partial charge in [-0.15, -0.1) is 0 Å². The molecule has 0 saturated heterocycles. The fourth-order valence-electron chi connectivity index (χ4n) is 3.82. The molecule has 3 aliphatic carbocycles. The monoisotopic (exact) mass is 260 g/mol. The predicted octanol–water partition coefficient (Wildman–Crippen LogP) is 5.30. The van der Waals surface area contributed by atoms with Gasteiger partial charge in [0.1, 0.15) is 0 Å². The number of benzene rings is 1. The van der Waals surface area contributed by atoms with Gasteiger partial charge in [-0.1, -0.05) is 42.5 Å². The third kappa shape index (κ3) is 1.83. The van der Waals surface area contributed by atoms with Crippen LogP contribution in [0.3, 0.4) is 0 Å². The largest absolute Gasteiger partial charge is 0.0766 e. The van der Waals surface area contributed by atoms with E-state index in [0.717, 1.165) is 12.8 Å². The number of rotatable bonds is 2. The topological polar surface area (TPSA) is 0 Å². The van der Waals surface area contributed by atoms with Crippen molar-refractivity contribution in [2.45, 2.75) is 39.0 Å². The Morgan fingerprint density at radius 1 is 1.00 bits per heavy atom. The Labute approximate surface area is 121 Å². The van der Waals surface area contributed by atoms with Crippen LogP contribution in [0.1, 0.15) is 38.2 Å². The standard InChI is InChI=1S/C20H20/c1-14-17(12-15-6-3-2-4-7-15)13-20-18(14)11-10-16-8-5-9-19(16)20/h2-4,6-7,10,13H,5,8-9,11-12H2,1H3. The highest BCUT2D eigenvalue weighted by Gasteiger charge is 2.27. The second-order valence-electron chi connectivity index (χ2n) is 6.11. The zero-order valence-electron chi connectivity index (χ0n) is 12.1. The van der Waals surface area contributed by atoms with Crippen molar-refractivity contribution in [3.8, 4) is 0 Å². The molecule has 0 unspecified atom stereocenters. The zero-order valence-corrected chi connectivity index (χ0v) is 12.1. The first kappa shape index (κ1) is 12.0. The van der Waals surface area contributed by atoms with Gasteiger partial charge in [-0.2, -0.15) is 0 Å². The van der Waals surface area contributed by atoms with Crippen LogP contribution < -0.4 is 0 Å². The Morgan fingerprint density at radius 2 is 1.85 bits per heavy atom. The van der Waals surface area contributed by atoms with Crippen molar-refractivity contribution < 1.29 is 0 Å². The molecule has 100 valence electrons. The quantitative estimate of drug-likeness (QED) is 0.677. The smallest absolute Gasteiger partial charge is 0.00228 e. The van der Waals surface area contributed by atoms with Crippen LogP contribution in [0.25, 0.3) is 0 Å².